The number of hydrogen-bond donors (Lipinski definition) is 2. The van der Waals surface area contributed by atoms with Gasteiger partial charge >= 0.3 is 0 Å². The van der Waals surface area contributed by atoms with Gasteiger partial charge in [0.25, 0.3) is 0 Å². The lowest BCUT2D eigenvalue weighted by atomic mass is 10.1. The maximum absolute atomic E-state index is 11.3. The van der Waals surface area contributed by atoms with Crippen LogP contribution in [0, 0.1) is 0 Å². The van der Waals surface area contributed by atoms with Crippen LogP contribution in [0.3, 0.4) is 0 Å². The molecule has 2 N–H and O–H groups in total. The van der Waals surface area contributed by atoms with Crippen molar-refractivity contribution < 1.29 is 9.90 Å². The average Bonchev–Trinajstić information content (AvgIpc) is 2.34. The number of hydrogen-bond acceptors (Lipinski definition) is 2. The van der Waals surface area contributed by atoms with Gasteiger partial charge in [0.05, 0.1) is 10.7 Å². The highest BCUT2D eigenvalue weighted by Gasteiger charge is 2.17. The molecule has 3 nitrogen and oxygen atoms in total. The minimum absolute atomic E-state index is 0.0451. The third-order valence-electron chi connectivity index (χ3n) is 2.33. The number of carbonyl (C=O) groups excluding carboxylic acids is 1. The van der Waals surface area contributed by atoms with Gasteiger partial charge in [-0.05, 0) is 25.0 Å². The number of phenols is 1. The number of carbonyl (C=O) groups is 1. The van der Waals surface area contributed by atoms with Crippen molar-refractivity contribution in [2.75, 3.05) is 5.32 Å². The van der Waals surface area contributed by atoms with Crippen LogP contribution in [-0.4, -0.2) is 11.0 Å². The Labute approximate surface area is 86.7 Å². The number of halogens is 1. The van der Waals surface area contributed by atoms with Gasteiger partial charge in [0.1, 0.15) is 5.75 Å². The quantitative estimate of drug-likeness (QED) is 0.692. The zero-order valence-corrected chi connectivity index (χ0v) is 8.27. The van der Waals surface area contributed by atoms with E-state index in [1.807, 2.05) is 0 Å². The number of benzene rings is 1. The first-order chi connectivity index (χ1) is 6.68. The highest BCUT2D eigenvalue weighted by molar-refractivity contribution is 6.34. The third-order valence-corrected chi connectivity index (χ3v) is 2.65. The van der Waals surface area contributed by atoms with E-state index in [2.05, 4.69) is 5.32 Å². The molecule has 0 atom stereocenters. The van der Waals surface area contributed by atoms with Gasteiger partial charge in [-0.2, -0.15) is 0 Å². The average molecular weight is 212 g/mol. The fourth-order valence-electron chi connectivity index (χ4n) is 1.62. The molecule has 74 valence electrons. The predicted octanol–water partition coefficient (Wildman–Crippen LogP) is 2.32. The Kier molecular flexibility index (Phi) is 2.33. The summed E-state index contributed by atoms with van der Waals surface area (Å²) in [7, 11) is 0. The molecule has 0 bridgehead atoms. The second-order valence-electron chi connectivity index (χ2n) is 3.32. The van der Waals surface area contributed by atoms with Crippen LogP contribution >= 0.6 is 11.6 Å². The van der Waals surface area contributed by atoms with Crippen molar-refractivity contribution in [1.29, 1.82) is 0 Å². The molecule has 0 aliphatic carbocycles. The Bertz CT molecular complexity index is 390. The van der Waals surface area contributed by atoms with Gasteiger partial charge in [-0.15, -0.1) is 0 Å². The van der Waals surface area contributed by atoms with E-state index in [4.69, 9.17) is 11.6 Å². The second kappa shape index (κ2) is 3.50. The number of rotatable bonds is 0. The van der Waals surface area contributed by atoms with E-state index in [-0.39, 0.29) is 11.7 Å². The molecule has 1 amide bonds. The topological polar surface area (TPSA) is 49.3 Å². The van der Waals surface area contributed by atoms with Gasteiger partial charge in [-0.25, -0.2) is 0 Å². The Balaban J connectivity index is 2.54. The maximum atomic E-state index is 11.3. The van der Waals surface area contributed by atoms with Crippen LogP contribution in [0.15, 0.2) is 12.1 Å². The minimum Gasteiger partial charge on any atom is -0.508 e. The van der Waals surface area contributed by atoms with Gasteiger partial charge < -0.3 is 10.4 Å². The van der Waals surface area contributed by atoms with Crippen molar-refractivity contribution in [2.24, 2.45) is 0 Å². The zero-order valence-electron chi connectivity index (χ0n) is 7.51. The Morgan fingerprint density at radius 1 is 1.36 bits per heavy atom. The summed E-state index contributed by atoms with van der Waals surface area (Å²) in [6, 6.07) is 3.14. The molecule has 0 spiro atoms. The summed E-state index contributed by atoms with van der Waals surface area (Å²) in [5, 5.41) is 12.8. The molecule has 1 heterocycles. The lowest BCUT2D eigenvalue weighted by Crippen LogP contribution is -2.09. The van der Waals surface area contributed by atoms with Gasteiger partial charge in [-0.3, -0.25) is 4.79 Å². The summed E-state index contributed by atoms with van der Waals surface area (Å²) in [5.74, 6) is 0.155. The van der Waals surface area contributed by atoms with Crippen LogP contribution in [0.5, 0.6) is 5.75 Å². The van der Waals surface area contributed by atoms with Gasteiger partial charge in [0, 0.05) is 12.0 Å². The molecule has 1 aliphatic heterocycles. The Morgan fingerprint density at radius 2 is 2.14 bits per heavy atom. The monoisotopic (exact) mass is 211 g/mol. The highest BCUT2D eigenvalue weighted by Crippen LogP contribution is 2.35. The molecular formula is C10H10ClNO2. The van der Waals surface area contributed by atoms with Crippen molar-refractivity contribution in [2.45, 2.75) is 19.3 Å². The first-order valence-electron chi connectivity index (χ1n) is 4.48. The molecule has 14 heavy (non-hydrogen) atoms. The number of nitrogens with one attached hydrogen (secondary N) is 1. The number of fused-ring (bicyclic) bond motifs is 1. The number of anilines is 1. The van der Waals surface area contributed by atoms with E-state index in [0.29, 0.717) is 23.6 Å². The number of aromatic hydroxyl groups is 1. The molecular weight excluding hydrogens is 202 g/mol. The van der Waals surface area contributed by atoms with E-state index in [1.165, 1.54) is 0 Å². The first kappa shape index (κ1) is 9.34. The summed E-state index contributed by atoms with van der Waals surface area (Å²) in [6.07, 6.45) is 1.90. The standard InChI is InChI=1S/C10H10ClNO2/c11-7-4-5-8(13)6-2-1-3-9(14)12-10(6)7/h4-5,13H,1-3H2,(H,12,14). The van der Waals surface area contributed by atoms with Crippen LogP contribution in [-0.2, 0) is 11.2 Å². The van der Waals surface area contributed by atoms with Crippen LogP contribution in [0.25, 0.3) is 0 Å². The Morgan fingerprint density at radius 3 is 2.93 bits per heavy atom. The molecule has 0 unspecified atom stereocenters. The van der Waals surface area contributed by atoms with E-state index in [1.54, 1.807) is 12.1 Å². The van der Waals surface area contributed by atoms with Crippen LogP contribution in [0.1, 0.15) is 18.4 Å². The third kappa shape index (κ3) is 1.55. The number of phenolic OH excluding ortho intramolecular Hbond substituents is 1. The Hall–Kier alpha value is -1.22. The minimum atomic E-state index is -0.0451. The van der Waals surface area contributed by atoms with E-state index in [9.17, 15) is 9.90 Å². The molecule has 1 aliphatic rings. The van der Waals surface area contributed by atoms with Gasteiger partial charge in [-0.1, -0.05) is 11.6 Å². The zero-order chi connectivity index (χ0) is 10.1. The van der Waals surface area contributed by atoms with Crippen LogP contribution < -0.4 is 5.32 Å². The summed E-state index contributed by atoms with van der Waals surface area (Å²) >= 11 is 5.93. The van der Waals surface area contributed by atoms with Crippen molar-refractivity contribution in [3.05, 3.63) is 22.7 Å². The fraction of sp³-hybridized carbons (Fsp3) is 0.300. The van der Waals surface area contributed by atoms with Crippen molar-refractivity contribution in [1.82, 2.24) is 0 Å². The molecule has 0 saturated carbocycles. The lowest BCUT2D eigenvalue weighted by Gasteiger charge is -2.09. The van der Waals surface area contributed by atoms with Gasteiger partial charge in [0.15, 0.2) is 0 Å². The summed E-state index contributed by atoms with van der Waals surface area (Å²) in [5.41, 5.74) is 1.30. The largest absolute Gasteiger partial charge is 0.508 e. The van der Waals surface area contributed by atoms with Gasteiger partial charge in [0.2, 0.25) is 5.91 Å². The van der Waals surface area contributed by atoms with Crippen LogP contribution in [0.4, 0.5) is 5.69 Å². The highest BCUT2D eigenvalue weighted by atomic mass is 35.5. The van der Waals surface area contributed by atoms with Crippen LogP contribution in [0.2, 0.25) is 5.02 Å². The predicted molar refractivity (Wildman–Crippen MR) is 54.7 cm³/mol. The molecule has 1 aromatic rings. The molecule has 4 heteroatoms. The van der Waals surface area contributed by atoms with Crippen molar-refractivity contribution in [3.63, 3.8) is 0 Å². The molecule has 0 aromatic heterocycles. The van der Waals surface area contributed by atoms with Crippen molar-refractivity contribution >= 4 is 23.2 Å². The van der Waals surface area contributed by atoms with E-state index < -0.39 is 0 Å². The smallest absolute Gasteiger partial charge is 0.224 e. The molecule has 0 saturated heterocycles. The second-order valence-corrected chi connectivity index (χ2v) is 3.73. The fourth-order valence-corrected chi connectivity index (χ4v) is 1.85. The first-order valence-corrected chi connectivity index (χ1v) is 4.86. The SMILES string of the molecule is O=C1CCCc2c(O)ccc(Cl)c2N1. The lowest BCUT2D eigenvalue weighted by molar-refractivity contribution is -0.116. The normalized spacial score (nSPS) is 15.6. The number of amides is 1. The van der Waals surface area contributed by atoms with E-state index in [0.717, 1.165) is 12.0 Å². The molecule has 1 aromatic carbocycles. The molecule has 0 radical (unpaired) electrons. The summed E-state index contributed by atoms with van der Waals surface area (Å²) in [4.78, 5) is 11.3. The van der Waals surface area contributed by atoms with E-state index >= 15 is 0 Å². The summed E-state index contributed by atoms with van der Waals surface area (Å²) in [6.45, 7) is 0. The molecule has 0 fully saturated rings. The molecule has 2 rings (SSSR count). The van der Waals surface area contributed by atoms with Crippen molar-refractivity contribution in [3.8, 4) is 5.75 Å². The summed E-state index contributed by atoms with van der Waals surface area (Å²) < 4.78 is 0. The maximum Gasteiger partial charge on any atom is 0.224 e.